The number of amides is 1. The second-order valence-electron chi connectivity index (χ2n) is 4.95. The molecule has 2 N–H and O–H groups in total. The number of hydrogen-bond donors (Lipinski definition) is 2. The summed E-state index contributed by atoms with van der Waals surface area (Å²) in [6.45, 7) is 2.04. The third kappa shape index (κ3) is 4.72. The maximum atomic E-state index is 11.9. The van der Waals surface area contributed by atoms with Gasteiger partial charge in [-0.1, -0.05) is 29.3 Å². The number of anilines is 2. The molecule has 0 aliphatic heterocycles. The third-order valence-corrected chi connectivity index (χ3v) is 3.49. The molecular weight excluding hydrogens is 316 g/mol. The van der Waals surface area contributed by atoms with Gasteiger partial charge in [-0.15, -0.1) is 0 Å². The number of benzene rings is 2. The van der Waals surface area contributed by atoms with E-state index in [1.54, 1.807) is 18.2 Å². The number of esters is 1. The smallest absolute Gasteiger partial charge is 0.339 e. The number of ether oxygens (including phenoxy) is 1. The topological polar surface area (TPSA) is 67.4 Å². The number of hydrogen-bond acceptors (Lipinski definition) is 4. The minimum Gasteiger partial charge on any atom is -0.465 e. The van der Waals surface area contributed by atoms with Gasteiger partial charge < -0.3 is 15.4 Å². The second kappa shape index (κ2) is 7.65. The van der Waals surface area contributed by atoms with E-state index in [4.69, 9.17) is 11.6 Å². The minimum atomic E-state index is -0.525. The molecule has 2 aromatic carbocycles. The van der Waals surface area contributed by atoms with Crippen molar-refractivity contribution < 1.29 is 14.3 Å². The highest BCUT2D eigenvalue weighted by atomic mass is 35.5. The average molecular weight is 333 g/mol. The zero-order valence-electron chi connectivity index (χ0n) is 12.9. The number of halogens is 1. The Kier molecular flexibility index (Phi) is 5.60. The van der Waals surface area contributed by atoms with E-state index in [0.29, 0.717) is 10.7 Å². The molecule has 0 heterocycles. The first-order chi connectivity index (χ1) is 11.0. The van der Waals surface area contributed by atoms with Gasteiger partial charge in [0.05, 0.1) is 24.2 Å². The number of nitrogens with one attached hydrogen (secondary N) is 2. The Labute approximate surface area is 139 Å². The largest absolute Gasteiger partial charge is 0.465 e. The van der Waals surface area contributed by atoms with Crippen molar-refractivity contribution >= 4 is 34.9 Å². The van der Waals surface area contributed by atoms with E-state index in [1.165, 1.54) is 7.11 Å². The highest BCUT2D eigenvalue weighted by Gasteiger charge is 2.11. The Balaban J connectivity index is 1.96. The van der Waals surface area contributed by atoms with Gasteiger partial charge in [-0.3, -0.25) is 4.79 Å². The van der Waals surface area contributed by atoms with Gasteiger partial charge in [0.2, 0.25) is 5.91 Å². The van der Waals surface area contributed by atoms with E-state index in [-0.39, 0.29) is 18.0 Å². The minimum absolute atomic E-state index is 0.0656. The van der Waals surface area contributed by atoms with Crippen LogP contribution in [0.3, 0.4) is 0 Å². The van der Waals surface area contributed by atoms with Gasteiger partial charge in [-0.25, -0.2) is 4.79 Å². The molecule has 5 nitrogen and oxygen atoms in total. The van der Waals surface area contributed by atoms with Crippen LogP contribution in [0.25, 0.3) is 0 Å². The lowest BCUT2D eigenvalue weighted by Crippen LogP contribution is -2.21. The van der Waals surface area contributed by atoms with Gasteiger partial charge in [-0.05, 0) is 37.3 Å². The number of carbonyl (C=O) groups excluding carboxylic acids is 2. The van der Waals surface area contributed by atoms with Crippen molar-refractivity contribution in [1.82, 2.24) is 0 Å². The zero-order chi connectivity index (χ0) is 16.8. The van der Waals surface area contributed by atoms with E-state index in [1.807, 2.05) is 31.2 Å². The van der Waals surface area contributed by atoms with Crippen LogP contribution in [0.4, 0.5) is 11.4 Å². The Bertz CT molecular complexity index is 714. The summed E-state index contributed by atoms with van der Waals surface area (Å²) >= 11 is 5.94. The van der Waals surface area contributed by atoms with Crippen molar-refractivity contribution in [2.24, 2.45) is 0 Å². The lowest BCUT2D eigenvalue weighted by molar-refractivity contribution is -0.114. The number of methoxy groups -OCH3 is 1. The molecule has 6 heteroatoms. The molecule has 0 saturated carbocycles. The van der Waals surface area contributed by atoms with Crippen LogP contribution in [0.2, 0.25) is 5.02 Å². The second-order valence-corrected chi connectivity index (χ2v) is 5.36. The van der Waals surface area contributed by atoms with E-state index in [9.17, 15) is 9.59 Å². The lowest BCUT2D eigenvalue weighted by Gasteiger charge is -2.10. The third-order valence-electron chi connectivity index (χ3n) is 3.16. The summed E-state index contributed by atoms with van der Waals surface area (Å²) in [5, 5.41) is 6.02. The normalized spacial score (nSPS) is 10.0. The van der Waals surface area contributed by atoms with Gasteiger partial charge in [-0.2, -0.15) is 0 Å². The van der Waals surface area contributed by atoms with Crippen LogP contribution in [0, 0.1) is 6.92 Å². The molecule has 2 aromatic rings. The van der Waals surface area contributed by atoms with Crippen molar-refractivity contribution in [1.29, 1.82) is 0 Å². The van der Waals surface area contributed by atoms with E-state index < -0.39 is 5.97 Å². The molecule has 0 saturated heterocycles. The highest BCUT2D eigenvalue weighted by Crippen LogP contribution is 2.21. The molecule has 1 amide bonds. The van der Waals surface area contributed by atoms with Gasteiger partial charge in [0.1, 0.15) is 0 Å². The lowest BCUT2D eigenvalue weighted by atomic mass is 10.2. The quantitative estimate of drug-likeness (QED) is 0.822. The fourth-order valence-corrected chi connectivity index (χ4v) is 2.12. The summed E-state index contributed by atoms with van der Waals surface area (Å²) in [5.74, 6) is -0.717. The fraction of sp³-hybridized carbons (Fsp3) is 0.176. The van der Waals surface area contributed by atoms with Crippen LogP contribution in [0.5, 0.6) is 0 Å². The van der Waals surface area contributed by atoms with Crippen LogP contribution in [0.15, 0.2) is 42.5 Å². The van der Waals surface area contributed by atoms with E-state index >= 15 is 0 Å². The molecule has 120 valence electrons. The first kappa shape index (κ1) is 16.8. The fourth-order valence-electron chi connectivity index (χ4n) is 1.93. The maximum absolute atomic E-state index is 11.9. The molecule has 0 spiro atoms. The maximum Gasteiger partial charge on any atom is 0.339 e. The molecule has 0 unspecified atom stereocenters. The van der Waals surface area contributed by atoms with Crippen molar-refractivity contribution in [2.75, 3.05) is 24.3 Å². The highest BCUT2D eigenvalue weighted by molar-refractivity contribution is 6.33. The number of rotatable bonds is 5. The van der Waals surface area contributed by atoms with Crippen molar-refractivity contribution in [3.05, 3.63) is 58.6 Å². The molecule has 0 bridgehead atoms. The first-order valence-electron chi connectivity index (χ1n) is 6.98. The predicted octanol–water partition coefficient (Wildman–Crippen LogP) is 3.49. The Hall–Kier alpha value is -2.53. The summed E-state index contributed by atoms with van der Waals surface area (Å²) in [7, 11) is 1.29. The van der Waals surface area contributed by atoms with Crippen molar-refractivity contribution in [3.8, 4) is 0 Å². The molecule has 23 heavy (non-hydrogen) atoms. The van der Waals surface area contributed by atoms with E-state index in [2.05, 4.69) is 15.4 Å². The van der Waals surface area contributed by atoms with Gasteiger partial charge in [0, 0.05) is 11.4 Å². The zero-order valence-corrected chi connectivity index (χ0v) is 13.6. The molecule has 0 radical (unpaired) electrons. The molecule has 0 atom stereocenters. The Morgan fingerprint density at radius 3 is 2.39 bits per heavy atom. The summed E-state index contributed by atoms with van der Waals surface area (Å²) < 4.78 is 4.66. The molecule has 0 aliphatic carbocycles. The number of carbonyl (C=O) groups is 2. The monoisotopic (exact) mass is 332 g/mol. The van der Waals surface area contributed by atoms with Crippen LogP contribution in [-0.4, -0.2) is 25.5 Å². The van der Waals surface area contributed by atoms with Crippen molar-refractivity contribution in [3.63, 3.8) is 0 Å². The first-order valence-corrected chi connectivity index (χ1v) is 7.35. The Morgan fingerprint density at radius 2 is 1.74 bits per heavy atom. The standard InChI is InChI=1S/C17H17ClN2O3/c1-11-3-5-12(6-4-11)20-16(21)10-19-13-7-8-15(18)14(9-13)17(22)23-2/h3-9,19H,10H2,1-2H3,(H,20,21). The van der Waals surface area contributed by atoms with Crippen molar-refractivity contribution in [2.45, 2.75) is 6.92 Å². The van der Waals surface area contributed by atoms with Gasteiger partial charge >= 0.3 is 5.97 Å². The molecule has 0 fully saturated rings. The van der Waals surface area contributed by atoms with Crippen LogP contribution >= 0.6 is 11.6 Å². The van der Waals surface area contributed by atoms with Gasteiger partial charge in [0.25, 0.3) is 0 Å². The molecular formula is C17H17ClN2O3. The van der Waals surface area contributed by atoms with Crippen LogP contribution in [-0.2, 0) is 9.53 Å². The predicted molar refractivity (Wildman–Crippen MR) is 91.1 cm³/mol. The summed E-state index contributed by atoms with van der Waals surface area (Å²) in [4.78, 5) is 23.5. The molecule has 0 aromatic heterocycles. The SMILES string of the molecule is COC(=O)c1cc(NCC(=O)Nc2ccc(C)cc2)ccc1Cl. The Morgan fingerprint density at radius 1 is 1.09 bits per heavy atom. The average Bonchev–Trinajstić information content (AvgIpc) is 2.55. The van der Waals surface area contributed by atoms with Gasteiger partial charge in [0.15, 0.2) is 0 Å². The molecule has 2 rings (SSSR count). The molecule has 0 aliphatic rings. The number of aryl methyl sites for hydroxylation is 1. The summed E-state index contributed by atoms with van der Waals surface area (Å²) in [6, 6.07) is 12.3. The van der Waals surface area contributed by atoms with Crippen LogP contribution < -0.4 is 10.6 Å². The van der Waals surface area contributed by atoms with Crippen LogP contribution in [0.1, 0.15) is 15.9 Å². The summed E-state index contributed by atoms with van der Waals surface area (Å²) in [5.41, 5.74) is 2.71. The summed E-state index contributed by atoms with van der Waals surface area (Å²) in [6.07, 6.45) is 0. The van der Waals surface area contributed by atoms with E-state index in [0.717, 1.165) is 11.3 Å².